The van der Waals surface area contributed by atoms with Crippen molar-refractivity contribution in [1.82, 2.24) is 19.5 Å². The molecule has 9 heteroatoms. The van der Waals surface area contributed by atoms with E-state index in [9.17, 15) is 15.3 Å². The molecular weight excluding hydrogens is 394 g/mol. The van der Waals surface area contributed by atoms with Crippen LogP contribution < -0.4 is 5.32 Å². The van der Waals surface area contributed by atoms with Crippen LogP contribution in [0.5, 0.6) is 0 Å². The number of aliphatic hydroxyl groups excluding tert-OH is 3. The Bertz CT molecular complexity index is 938. The van der Waals surface area contributed by atoms with Crippen molar-refractivity contribution < 1.29 is 15.3 Å². The molecule has 8 atom stereocenters. The number of fused-ring (bicyclic) bond motifs is 3. The molecule has 0 amide bonds. The maximum atomic E-state index is 10.8. The van der Waals surface area contributed by atoms with E-state index in [0.717, 1.165) is 12.3 Å². The minimum atomic E-state index is -1.05. The van der Waals surface area contributed by atoms with Crippen LogP contribution in [-0.2, 0) is 0 Å². The lowest BCUT2D eigenvalue weighted by molar-refractivity contribution is -0.0470. The molecule has 2 heterocycles. The average molecular weight is 422 g/mol. The molecular formula is C20H28ClN5O3. The molecule has 2 aromatic rings. The van der Waals surface area contributed by atoms with Gasteiger partial charge in [-0.1, -0.05) is 20.3 Å². The van der Waals surface area contributed by atoms with Crippen LogP contribution in [0.25, 0.3) is 11.2 Å². The van der Waals surface area contributed by atoms with Gasteiger partial charge in [0.1, 0.15) is 6.10 Å². The number of aliphatic hydroxyl groups is 3. The van der Waals surface area contributed by atoms with Gasteiger partial charge in [0.25, 0.3) is 0 Å². The number of rotatable bonds is 4. The van der Waals surface area contributed by atoms with Crippen molar-refractivity contribution in [1.29, 1.82) is 0 Å². The highest BCUT2D eigenvalue weighted by Crippen LogP contribution is 2.50. The van der Waals surface area contributed by atoms with E-state index >= 15 is 0 Å². The summed E-state index contributed by atoms with van der Waals surface area (Å²) in [5, 5.41) is 34.9. The summed E-state index contributed by atoms with van der Waals surface area (Å²) >= 11 is 6.25. The van der Waals surface area contributed by atoms with Crippen molar-refractivity contribution in [3.8, 4) is 0 Å². The van der Waals surface area contributed by atoms with Crippen molar-refractivity contribution in [2.75, 3.05) is 11.9 Å². The molecule has 0 aliphatic heterocycles. The lowest BCUT2D eigenvalue weighted by atomic mass is 9.79. The molecule has 0 saturated heterocycles. The molecule has 0 radical (unpaired) electrons. The first-order valence-corrected chi connectivity index (χ1v) is 10.8. The number of nitrogens with one attached hydrogen (secondary N) is 1. The zero-order valence-electron chi connectivity index (χ0n) is 16.7. The molecule has 3 aliphatic rings. The number of halogens is 1. The van der Waals surface area contributed by atoms with E-state index < -0.39 is 23.7 Å². The van der Waals surface area contributed by atoms with E-state index in [1.165, 1.54) is 19.3 Å². The number of hydrogen-bond donors (Lipinski definition) is 4. The van der Waals surface area contributed by atoms with E-state index in [2.05, 4.69) is 20.3 Å². The van der Waals surface area contributed by atoms with E-state index in [4.69, 9.17) is 11.6 Å². The standard InChI is InChI=1S/C20H28ClN5O3/c1-9-14(15(28)16(29)20(9,2)7-27)26-8-22-13-17(24-19(21)25-18(13)26)23-12-6-10-3-4-11(12)5-10/h8-12,14-16,27-29H,3-7H2,1-2H3,(H,23,24,25)/t9-,10?,11?,12?,14-,15+,16+,20?/m1/s1. The van der Waals surface area contributed by atoms with Gasteiger partial charge in [0.15, 0.2) is 17.0 Å². The molecule has 3 aliphatic carbocycles. The summed E-state index contributed by atoms with van der Waals surface area (Å²) < 4.78 is 1.77. The Morgan fingerprint density at radius 1 is 1.28 bits per heavy atom. The summed E-state index contributed by atoms with van der Waals surface area (Å²) in [7, 11) is 0. The van der Waals surface area contributed by atoms with Gasteiger partial charge >= 0.3 is 0 Å². The van der Waals surface area contributed by atoms with Gasteiger partial charge in [-0.3, -0.25) is 0 Å². The second kappa shape index (κ2) is 6.77. The maximum Gasteiger partial charge on any atom is 0.226 e. The van der Waals surface area contributed by atoms with E-state index in [1.807, 2.05) is 6.92 Å². The van der Waals surface area contributed by atoms with Crippen molar-refractivity contribution in [2.24, 2.45) is 23.2 Å². The lowest BCUT2D eigenvalue weighted by Gasteiger charge is -2.31. The third-order valence-electron chi connectivity index (χ3n) is 8.02. The SMILES string of the molecule is C[C@@H]1[C@@H](n2cnc3c(NC4CC5CCC4C5)nc(Cl)nc32)[C@H](O)[C@H](O)C1(C)CO. The Morgan fingerprint density at radius 3 is 2.69 bits per heavy atom. The molecule has 29 heavy (non-hydrogen) atoms. The van der Waals surface area contributed by atoms with E-state index in [0.29, 0.717) is 28.9 Å². The fourth-order valence-electron chi connectivity index (χ4n) is 5.98. The first-order valence-electron chi connectivity index (χ1n) is 10.5. The molecule has 2 bridgehead atoms. The minimum absolute atomic E-state index is 0.121. The van der Waals surface area contributed by atoms with Gasteiger partial charge < -0.3 is 25.2 Å². The predicted molar refractivity (Wildman–Crippen MR) is 109 cm³/mol. The Kier molecular flexibility index (Phi) is 4.55. The maximum absolute atomic E-state index is 10.8. The number of anilines is 1. The summed E-state index contributed by atoms with van der Waals surface area (Å²) in [6.07, 6.45) is 4.53. The minimum Gasteiger partial charge on any atom is -0.396 e. The topological polar surface area (TPSA) is 116 Å². The van der Waals surface area contributed by atoms with Gasteiger partial charge in [0, 0.05) is 11.5 Å². The lowest BCUT2D eigenvalue weighted by Crippen LogP contribution is -2.38. The quantitative estimate of drug-likeness (QED) is 0.558. The molecule has 4 N–H and O–H groups in total. The van der Waals surface area contributed by atoms with Crippen LogP contribution >= 0.6 is 11.6 Å². The molecule has 3 fully saturated rings. The fraction of sp³-hybridized carbons (Fsp3) is 0.750. The van der Waals surface area contributed by atoms with Crippen LogP contribution in [0.15, 0.2) is 6.33 Å². The summed E-state index contributed by atoms with van der Waals surface area (Å²) in [5.74, 6) is 1.89. The zero-order chi connectivity index (χ0) is 20.5. The van der Waals surface area contributed by atoms with Gasteiger partial charge in [0.05, 0.1) is 25.1 Å². The largest absolute Gasteiger partial charge is 0.396 e. The Labute approximate surface area is 174 Å². The second-order valence-electron chi connectivity index (χ2n) is 9.47. The third-order valence-corrected chi connectivity index (χ3v) is 8.19. The van der Waals surface area contributed by atoms with Gasteiger partial charge in [-0.2, -0.15) is 9.97 Å². The number of aromatic nitrogens is 4. The Morgan fingerprint density at radius 2 is 2.07 bits per heavy atom. The summed E-state index contributed by atoms with van der Waals surface area (Å²) in [6, 6.07) is -0.1000. The van der Waals surface area contributed by atoms with E-state index in [-0.39, 0.29) is 17.8 Å². The van der Waals surface area contributed by atoms with Gasteiger partial charge in [-0.05, 0) is 48.6 Å². The monoisotopic (exact) mass is 421 g/mol. The van der Waals surface area contributed by atoms with Gasteiger partial charge in [-0.25, -0.2) is 4.98 Å². The van der Waals surface area contributed by atoms with Crippen molar-refractivity contribution >= 4 is 28.6 Å². The molecule has 0 aromatic carbocycles. The van der Waals surface area contributed by atoms with Crippen molar-refractivity contribution in [2.45, 2.75) is 63.8 Å². The number of hydrogen-bond acceptors (Lipinski definition) is 7. The zero-order valence-corrected chi connectivity index (χ0v) is 17.4. The highest BCUT2D eigenvalue weighted by Gasteiger charge is 2.56. The third kappa shape index (κ3) is 2.80. The summed E-state index contributed by atoms with van der Waals surface area (Å²) in [6.45, 7) is 3.49. The highest BCUT2D eigenvalue weighted by molar-refractivity contribution is 6.28. The Hall–Kier alpha value is -1.48. The van der Waals surface area contributed by atoms with Crippen LogP contribution in [0, 0.1) is 23.2 Å². The van der Waals surface area contributed by atoms with Crippen LogP contribution in [0.4, 0.5) is 5.82 Å². The van der Waals surface area contributed by atoms with Gasteiger partial charge in [0.2, 0.25) is 5.28 Å². The van der Waals surface area contributed by atoms with Crippen LogP contribution in [0.3, 0.4) is 0 Å². The fourth-order valence-corrected chi connectivity index (χ4v) is 6.15. The van der Waals surface area contributed by atoms with Crippen LogP contribution in [0.1, 0.15) is 45.6 Å². The second-order valence-corrected chi connectivity index (χ2v) is 9.81. The average Bonchev–Trinajstić information content (AvgIpc) is 3.45. The first kappa shape index (κ1) is 19.5. The Balaban J connectivity index is 1.53. The molecule has 158 valence electrons. The van der Waals surface area contributed by atoms with Crippen LogP contribution in [-0.4, -0.2) is 59.7 Å². The first-order chi connectivity index (χ1) is 13.8. The summed E-state index contributed by atoms with van der Waals surface area (Å²) in [5.41, 5.74) is 0.325. The van der Waals surface area contributed by atoms with Crippen molar-refractivity contribution in [3.05, 3.63) is 11.6 Å². The molecule has 4 unspecified atom stereocenters. The van der Waals surface area contributed by atoms with Gasteiger partial charge in [-0.15, -0.1) is 0 Å². The van der Waals surface area contributed by atoms with Crippen molar-refractivity contribution in [3.63, 3.8) is 0 Å². The van der Waals surface area contributed by atoms with E-state index in [1.54, 1.807) is 17.8 Å². The number of nitrogens with zero attached hydrogens (tertiary/aromatic N) is 4. The number of imidazole rings is 1. The molecule has 5 rings (SSSR count). The predicted octanol–water partition coefficient (Wildman–Crippen LogP) is 1.99. The van der Waals surface area contributed by atoms with Crippen LogP contribution in [0.2, 0.25) is 5.28 Å². The molecule has 8 nitrogen and oxygen atoms in total. The normalized spacial score (nSPS) is 41.5. The molecule has 3 saturated carbocycles. The highest BCUT2D eigenvalue weighted by atomic mass is 35.5. The molecule has 0 spiro atoms. The molecule has 2 aromatic heterocycles. The summed E-state index contributed by atoms with van der Waals surface area (Å²) in [4.78, 5) is 13.3. The smallest absolute Gasteiger partial charge is 0.226 e.